The molecule has 3 fully saturated rings. The number of hydrogen-bond acceptors (Lipinski definition) is 15. The second-order valence-corrected chi connectivity index (χ2v) is 23.2. The van der Waals surface area contributed by atoms with E-state index < -0.39 is 106 Å². The van der Waals surface area contributed by atoms with Crippen LogP contribution in [0, 0.1) is 5.92 Å². The summed E-state index contributed by atoms with van der Waals surface area (Å²) < 4.78 is 63.6. The molecule has 4 aromatic carbocycles. The van der Waals surface area contributed by atoms with Crippen molar-refractivity contribution in [2.24, 2.45) is 5.92 Å². The van der Waals surface area contributed by atoms with E-state index in [2.05, 4.69) is 27.7 Å². The second kappa shape index (κ2) is 20.9. The Kier molecular flexibility index (Phi) is 15.5. The minimum absolute atomic E-state index is 0.154. The average Bonchev–Trinajstić information content (AvgIpc) is 3.66. The Morgan fingerprint density at radius 2 is 1.00 bits per heavy atom. The SMILES string of the molecule is CC(C)C(C)(C)[Si](C)(C)O[C@@H]1O[C@H](COC(=O)c2ccccc2)[C@@H](O[C@@H]2O[C@H](COC(=O)c3ccccc3)[C@@H]3OC(C)(C)O[C@@H]3[C@H]2OC(=O)c2ccccc2)[C@H](O)[C@H]1OC(=O)c1ccccc1. The highest BCUT2D eigenvalue weighted by atomic mass is 28.4. The molecule has 0 radical (unpaired) electrons. The first-order valence-corrected chi connectivity index (χ1v) is 25.4. The fourth-order valence-electron chi connectivity index (χ4n) is 8.08. The fourth-order valence-corrected chi connectivity index (χ4v) is 10.5. The molecule has 3 saturated heterocycles. The van der Waals surface area contributed by atoms with Crippen LogP contribution in [-0.2, 0) is 47.1 Å². The molecule has 0 unspecified atom stereocenters. The van der Waals surface area contributed by atoms with Crippen LogP contribution < -0.4 is 0 Å². The zero-order chi connectivity index (χ0) is 48.1. The van der Waals surface area contributed by atoms with E-state index in [1.165, 1.54) is 0 Å². The minimum Gasteiger partial charge on any atom is -0.459 e. The molecule has 0 aromatic heterocycles. The maximum atomic E-state index is 13.9. The number of aliphatic hydroxyl groups excluding tert-OH is 1. The molecule has 10 atom stereocenters. The van der Waals surface area contributed by atoms with Crippen LogP contribution in [0.25, 0.3) is 0 Å². The van der Waals surface area contributed by atoms with Crippen molar-refractivity contribution in [1.82, 2.24) is 0 Å². The molecule has 358 valence electrons. The van der Waals surface area contributed by atoms with E-state index in [4.69, 9.17) is 47.1 Å². The van der Waals surface area contributed by atoms with Gasteiger partial charge in [-0.25, -0.2) is 19.2 Å². The van der Waals surface area contributed by atoms with Gasteiger partial charge in [0, 0.05) is 0 Å². The monoisotopic (exact) mass is 940 g/mol. The lowest BCUT2D eigenvalue weighted by atomic mass is 9.96. The lowest BCUT2D eigenvalue weighted by molar-refractivity contribution is -0.344. The Balaban J connectivity index is 1.27. The van der Waals surface area contributed by atoms with Gasteiger partial charge in [0.15, 0.2) is 38.9 Å². The largest absolute Gasteiger partial charge is 0.459 e. The molecule has 7 rings (SSSR count). The predicted octanol–water partition coefficient (Wildman–Crippen LogP) is 7.53. The lowest BCUT2D eigenvalue weighted by Gasteiger charge is -2.50. The second-order valence-electron chi connectivity index (χ2n) is 18.6. The first-order valence-electron chi connectivity index (χ1n) is 22.5. The molecule has 0 spiro atoms. The van der Waals surface area contributed by atoms with Gasteiger partial charge in [0.25, 0.3) is 0 Å². The molecular formula is C51H60O15Si. The van der Waals surface area contributed by atoms with Crippen LogP contribution in [0.1, 0.15) is 83.0 Å². The number of carbonyl (C=O) groups is 4. The number of hydrogen-bond donors (Lipinski definition) is 1. The van der Waals surface area contributed by atoms with Crippen molar-refractivity contribution in [3.05, 3.63) is 144 Å². The Hall–Kier alpha value is -5.30. The summed E-state index contributed by atoms with van der Waals surface area (Å²) in [5.41, 5.74) is 0.972. The molecule has 15 nitrogen and oxygen atoms in total. The Morgan fingerprint density at radius 3 is 1.46 bits per heavy atom. The van der Waals surface area contributed by atoms with Gasteiger partial charge >= 0.3 is 23.9 Å². The van der Waals surface area contributed by atoms with E-state index in [-0.39, 0.29) is 34.3 Å². The van der Waals surface area contributed by atoms with E-state index in [1.54, 1.807) is 135 Å². The first kappa shape index (κ1) is 49.6. The highest BCUT2D eigenvalue weighted by Gasteiger charge is 2.60. The maximum Gasteiger partial charge on any atom is 0.338 e. The van der Waals surface area contributed by atoms with Gasteiger partial charge in [-0.2, -0.15) is 0 Å². The highest BCUT2D eigenvalue weighted by molar-refractivity contribution is 6.74. The van der Waals surface area contributed by atoms with Crippen LogP contribution >= 0.6 is 0 Å². The molecule has 3 heterocycles. The first-order chi connectivity index (χ1) is 31.8. The van der Waals surface area contributed by atoms with E-state index in [1.807, 2.05) is 13.1 Å². The van der Waals surface area contributed by atoms with Crippen LogP contribution in [-0.4, -0.2) is 118 Å². The molecule has 3 aliphatic rings. The van der Waals surface area contributed by atoms with Gasteiger partial charge in [0.1, 0.15) is 49.8 Å². The molecule has 3 aliphatic heterocycles. The molecule has 1 N–H and O–H groups in total. The maximum absolute atomic E-state index is 13.9. The van der Waals surface area contributed by atoms with Crippen molar-refractivity contribution in [1.29, 1.82) is 0 Å². The van der Waals surface area contributed by atoms with Gasteiger partial charge in [-0.15, -0.1) is 0 Å². The number of esters is 4. The zero-order valence-electron chi connectivity index (χ0n) is 39.0. The number of benzene rings is 4. The molecular weight excluding hydrogens is 881 g/mol. The third kappa shape index (κ3) is 11.5. The van der Waals surface area contributed by atoms with Gasteiger partial charge in [0.2, 0.25) is 0 Å². The van der Waals surface area contributed by atoms with Gasteiger partial charge in [-0.1, -0.05) is 100 Å². The molecule has 0 saturated carbocycles. The highest BCUT2D eigenvalue weighted by Crippen LogP contribution is 2.47. The Bertz CT molecular complexity index is 2290. The fraction of sp³-hybridized carbons (Fsp3) is 0.451. The quantitative estimate of drug-likeness (QED) is 0.0661. The summed E-state index contributed by atoms with van der Waals surface area (Å²) in [6, 6.07) is 33.2. The normalized spacial score (nSPS) is 27.1. The van der Waals surface area contributed by atoms with Crippen molar-refractivity contribution in [2.75, 3.05) is 13.2 Å². The summed E-state index contributed by atoms with van der Waals surface area (Å²) in [7, 11) is -2.85. The van der Waals surface area contributed by atoms with Crippen LogP contribution in [0.5, 0.6) is 0 Å². The van der Waals surface area contributed by atoms with Crippen molar-refractivity contribution in [3.8, 4) is 0 Å². The van der Waals surface area contributed by atoms with Gasteiger partial charge in [0.05, 0.1) is 22.3 Å². The summed E-state index contributed by atoms with van der Waals surface area (Å²) >= 11 is 0. The number of fused-ring (bicyclic) bond motifs is 1. The summed E-state index contributed by atoms with van der Waals surface area (Å²) in [6.45, 7) is 14.9. The predicted molar refractivity (Wildman–Crippen MR) is 244 cm³/mol. The van der Waals surface area contributed by atoms with Gasteiger partial charge in [-0.05, 0) is 86.4 Å². The smallest absolute Gasteiger partial charge is 0.338 e. The number of aliphatic hydroxyl groups is 1. The van der Waals surface area contributed by atoms with E-state index in [0.717, 1.165) is 0 Å². The van der Waals surface area contributed by atoms with Gasteiger partial charge < -0.3 is 52.2 Å². The minimum atomic E-state index is -2.85. The summed E-state index contributed by atoms with van der Waals surface area (Å²) in [5, 5.41) is 12.3. The van der Waals surface area contributed by atoms with Crippen molar-refractivity contribution < 1.29 is 71.3 Å². The number of rotatable bonds is 16. The molecule has 0 aliphatic carbocycles. The third-order valence-corrected chi connectivity index (χ3v) is 17.5. The summed E-state index contributed by atoms with van der Waals surface area (Å²) in [6.07, 6.45) is -13.6. The topological polar surface area (TPSA) is 181 Å². The van der Waals surface area contributed by atoms with Crippen LogP contribution in [0.2, 0.25) is 18.1 Å². The molecule has 0 bridgehead atoms. The third-order valence-electron chi connectivity index (χ3n) is 13.0. The number of carbonyl (C=O) groups excluding carboxylic acids is 4. The van der Waals surface area contributed by atoms with Crippen molar-refractivity contribution >= 4 is 32.2 Å². The van der Waals surface area contributed by atoms with E-state index in [9.17, 15) is 24.3 Å². The average molecular weight is 941 g/mol. The van der Waals surface area contributed by atoms with E-state index in [0.29, 0.717) is 5.56 Å². The molecule has 0 amide bonds. The zero-order valence-corrected chi connectivity index (χ0v) is 40.0. The Labute approximate surface area is 392 Å². The lowest BCUT2D eigenvalue weighted by Crippen LogP contribution is -2.66. The van der Waals surface area contributed by atoms with Crippen LogP contribution in [0.15, 0.2) is 121 Å². The standard InChI is InChI=1S/C51H60O15Si/c1-31(2)50(3,4)67(7,8)66-49-41(61-46(55)34-25-17-11-18-26-34)38(52)39(36(60-49)29-57-44(53)32-21-13-9-14-22-32)63-48-43(62-47(56)35-27-19-12-20-28-35)42-40(64-51(5,6)65-42)37(59-48)30-58-45(54)33-23-15-10-16-24-33/h9-28,31,36-43,48-49,52H,29-30H2,1-8H3/t36-,37-,38+,39-,40+,41-,42+,43-,48+,49+/m1/s1. The summed E-state index contributed by atoms with van der Waals surface area (Å²) in [5.74, 6) is -3.93. The molecule has 16 heteroatoms. The van der Waals surface area contributed by atoms with Crippen molar-refractivity contribution in [2.45, 2.75) is 127 Å². The van der Waals surface area contributed by atoms with Crippen molar-refractivity contribution in [3.63, 3.8) is 0 Å². The molecule has 67 heavy (non-hydrogen) atoms. The Morgan fingerprint density at radius 1 is 0.597 bits per heavy atom. The van der Waals surface area contributed by atoms with Crippen LogP contribution in [0.3, 0.4) is 0 Å². The number of ether oxygens (including phenoxy) is 9. The van der Waals surface area contributed by atoms with Crippen LogP contribution in [0.4, 0.5) is 0 Å². The van der Waals surface area contributed by atoms with Gasteiger partial charge in [-0.3, -0.25) is 0 Å². The summed E-state index contributed by atoms with van der Waals surface area (Å²) in [4.78, 5) is 54.5. The van der Waals surface area contributed by atoms with E-state index >= 15 is 0 Å². The molecule has 4 aromatic rings.